The molecule has 1 aliphatic rings. The van der Waals surface area contributed by atoms with Gasteiger partial charge in [0.15, 0.2) is 0 Å². The minimum atomic E-state index is 0.212. The van der Waals surface area contributed by atoms with E-state index in [1.807, 2.05) is 12.1 Å². The molecule has 0 amide bonds. The molecule has 2 N–H and O–H groups in total. The van der Waals surface area contributed by atoms with Crippen LogP contribution in [-0.2, 0) is 6.42 Å². The molecule has 0 aliphatic heterocycles. The number of benzene rings is 1. The lowest BCUT2D eigenvalue weighted by molar-refractivity contribution is 0.260. The van der Waals surface area contributed by atoms with Gasteiger partial charge < -0.3 is 5.73 Å². The number of hydrogen-bond donors (Lipinski definition) is 1. The van der Waals surface area contributed by atoms with Crippen molar-refractivity contribution in [3.05, 3.63) is 33.3 Å². The van der Waals surface area contributed by atoms with Crippen LogP contribution in [-0.4, -0.2) is 6.04 Å². The molecule has 2 rings (SSSR count). The molecule has 1 aromatic carbocycles. The largest absolute Gasteiger partial charge is 0.327 e. The fourth-order valence-electron chi connectivity index (χ4n) is 2.72. The maximum atomic E-state index is 6.38. The monoisotopic (exact) mass is 315 g/mol. The highest BCUT2D eigenvalue weighted by Gasteiger charge is 2.34. The van der Waals surface area contributed by atoms with Crippen LogP contribution in [0.25, 0.3) is 0 Å². The van der Waals surface area contributed by atoms with E-state index in [1.165, 1.54) is 25.7 Å². The number of rotatable bonds is 3. The lowest BCUT2D eigenvalue weighted by atomic mass is 9.78. The van der Waals surface area contributed by atoms with Crippen molar-refractivity contribution in [2.24, 2.45) is 11.1 Å². The highest BCUT2D eigenvalue weighted by molar-refractivity contribution is 9.10. The molecular formula is C14H19BrClN. The Morgan fingerprint density at radius 3 is 2.65 bits per heavy atom. The van der Waals surface area contributed by atoms with E-state index >= 15 is 0 Å². The standard InChI is InChI=1S/C14H19BrClN/c1-14(6-2-3-7-14)13(17)8-10-4-5-11(15)9-12(10)16/h4-5,9,13H,2-3,6-8,17H2,1H3. The average molecular weight is 317 g/mol. The summed E-state index contributed by atoms with van der Waals surface area (Å²) in [6, 6.07) is 6.26. The molecule has 1 saturated carbocycles. The predicted octanol–water partition coefficient (Wildman–Crippen LogP) is 4.55. The first kappa shape index (κ1) is 13.4. The van der Waals surface area contributed by atoms with E-state index in [4.69, 9.17) is 17.3 Å². The molecule has 94 valence electrons. The van der Waals surface area contributed by atoms with E-state index in [0.29, 0.717) is 5.41 Å². The van der Waals surface area contributed by atoms with Crippen LogP contribution in [0.5, 0.6) is 0 Å². The molecule has 1 aliphatic carbocycles. The Bertz CT molecular complexity index is 399. The van der Waals surface area contributed by atoms with E-state index in [-0.39, 0.29) is 6.04 Å². The van der Waals surface area contributed by atoms with Gasteiger partial charge in [-0.05, 0) is 42.4 Å². The molecule has 1 aromatic rings. The smallest absolute Gasteiger partial charge is 0.0449 e. The number of nitrogens with two attached hydrogens (primary N) is 1. The summed E-state index contributed by atoms with van der Waals surface area (Å²) >= 11 is 9.66. The molecule has 17 heavy (non-hydrogen) atoms. The first-order chi connectivity index (χ1) is 8.01. The highest BCUT2D eigenvalue weighted by Crippen LogP contribution is 2.41. The van der Waals surface area contributed by atoms with Gasteiger partial charge in [0, 0.05) is 15.5 Å². The van der Waals surface area contributed by atoms with Crippen molar-refractivity contribution in [1.29, 1.82) is 0 Å². The third kappa shape index (κ3) is 3.04. The van der Waals surface area contributed by atoms with Crippen LogP contribution in [0.2, 0.25) is 5.02 Å². The van der Waals surface area contributed by atoms with Gasteiger partial charge in [0.25, 0.3) is 0 Å². The van der Waals surface area contributed by atoms with Crippen molar-refractivity contribution in [3.8, 4) is 0 Å². The van der Waals surface area contributed by atoms with Gasteiger partial charge in [-0.25, -0.2) is 0 Å². The Balaban J connectivity index is 2.10. The summed E-state index contributed by atoms with van der Waals surface area (Å²) in [5.74, 6) is 0. The van der Waals surface area contributed by atoms with Gasteiger partial charge >= 0.3 is 0 Å². The highest BCUT2D eigenvalue weighted by atomic mass is 79.9. The first-order valence-electron chi connectivity index (χ1n) is 6.21. The summed E-state index contributed by atoms with van der Waals surface area (Å²) in [6.07, 6.45) is 6.02. The van der Waals surface area contributed by atoms with Crippen LogP contribution >= 0.6 is 27.5 Å². The number of halogens is 2. The van der Waals surface area contributed by atoms with Gasteiger partial charge in [-0.1, -0.05) is 53.4 Å². The summed E-state index contributed by atoms with van der Waals surface area (Å²) in [5.41, 5.74) is 7.85. The third-order valence-corrected chi connectivity index (χ3v) is 4.94. The minimum absolute atomic E-state index is 0.212. The Kier molecular flexibility index (Phi) is 4.17. The fourth-order valence-corrected chi connectivity index (χ4v) is 3.47. The molecular weight excluding hydrogens is 298 g/mol. The molecule has 1 nitrogen and oxygen atoms in total. The van der Waals surface area contributed by atoms with Crippen LogP contribution in [0.4, 0.5) is 0 Å². The molecule has 1 atom stereocenters. The summed E-state index contributed by atoms with van der Waals surface area (Å²) < 4.78 is 1.02. The molecule has 3 heteroatoms. The second kappa shape index (κ2) is 5.29. The minimum Gasteiger partial charge on any atom is -0.327 e. The van der Waals surface area contributed by atoms with Gasteiger partial charge in [-0.2, -0.15) is 0 Å². The Morgan fingerprint density at radius 1 is 1.41 bits per heavy atom. The van der Waals surface area contributed by atoms with Crippen molar-refractivity contribution >= 4 is 27.5 Å². The van der Waals surface area contributed by atoms with Crippen LogP contribution in [0.1, 0.15) is 38.2 Å². The summed E-state index contributed by atoms with van der Waals surface area (Å²) in [7, 11) is 0. The third-order valence-electron chi connectivity index (χ3n) is 4.10. The second-order valence-electron chi connectivity index (χ2n) is 5.41. The van der Waals surface area contributed by atoms with Gasteiger partial charge in [-0.3, -0.25) is 0 Å². The molecule has 1 unspecified atom stereocenters. The van der Waals surface area contributed by atoms with Gasteiger partial charge in [0.2, 0.25) is 0 Å². The van der Waals surface area contributed by atoms with Crippen LogP contribution in [0.15, 0.2) is 22.7 Å². The van der Waals surface area contributed by atoms with E-state index in [2.05, 4.69) is 28.9 Å². The normalized spacial score (nSPS) is 20.5. The van der Waals surface area contributed by atoms with E-state index in [9.17, 15) is 0 Å². The van der Waals surface area contributed by atoms with E-state index < -0.39 is 0 Å². The van der Waals surface area contributed by atoms with Crippen molar-refractivity contribution in [3.63, 3.8) is 0 Å². The molecule has 0 aromatic heterocycles. The lowest BCUT2D eigenvalue weighted by Crippen LogP contribution is -2.39. The first-order valence-corrected chi connectivity index (χ1v) is 7.38. The van der Waals surface area contributed by atoms with Crippen LogP contribution < -0.4 is 5.73 Å². The molecule has 1 fully saturated rings. The molecule has 0 heterocycles. The van der Waals surface area contributed by atoms with E-state index in [1.54, 1.807) is 0 Å². The number of hydrogen-bond acceptors (Lipinski definition) is 1. The van der Waals surface area contributed by atoms with Gasteiger partial charge in [0.05, 0.1) is 0 Å². The maximum absolute atomic E-state index is 6.38. The van der Waals surface area contributed by atoms with E-state index in [0.717, 1.165) is 21.5 Å². The van der Waals surface area contributed by atoms with Crippen molar-refractivity contribution < 1.29 is 0 Å². The maximum Gasteiger partial charge on any atom is 0.0449 e. The zero-order valence-electron chi connectivity index (χ0n) is 10.2. The fraction of sp³-hybridized carbons (Fsp3) is 0.571. The van der Waals surface area contributed by atoms with Crippen LogP contribution in [0.3, 0.4) is 0 Å². The molecule has 0 spiro atoms. The summed E-state index contributed by atoms with van der Waals surface area (Å²) in [4.78, 5) is 0. The quantitative estimate of drug-likeness (QED) is 0.869. The molecule has 0 radical (unpaired) electrons. The lowest BCUT2D eigenvalue weighted by Gasteiger charge is -2.31. The zero-order chi connectivity index (χ0) is 12.5. The van der Waals surface area contributed by atoms with Gasteiger partial charge in [0.1, 0.15) is 0 Å². The van der Waals surface area contributed by atoms with Crippen molar-refractivity contribution in [1.82, 2.24) is 0 Å². The molecule has 0 bridgehead atoms. The topological polar surface area (TPSA) is 26.0 Å². The Morgan fingerprint density at radius 2 is 2.06 bits per heavy atom. The average Bonchev–Trinajstić information content (AvgIpc) is 2.71. The SMILES string of the molecule is CC1(C(N)Cc2ccc(Br)cc2Cl)CCCC1. The molecule has 0 saturated heterocycles. The Hall–Kier alpha value is -0.0500. The second-order valence-corrected chi connectivity index (χ2v) is 6.73. The van der Waals surface area contributed by atoms with Gasteiger partial charge in [-0.15, -0.1) is 0 Å². The predicted molar refractivity (Wildman–Crippen MR) is 77.4 cm³/mol. The zero-order valence-corrected chi connectivity index (χ0v) is 12.5. The van der Waals surface area contributed by atoms with Crippen molar-refractivity contribution in [2.45, 2.75) is 45.1 Å². The Labute approximate surface area is 117 Å². The summed E-state index contributed by atoms with van der Waals surface area (Å²) in [5, 5.41) is 0.816. The van der Waals surface area contributed by atoms with Crippen molar-refractivity contribution in [2.75, 3.05) is 0 Å². The summed E-state index contributed by atoms with van der Waals surface area (Å²) in [6.45, 7) is 2.32. The van der Waals surface area contributed by atoms with Crippen LogP contribution in [0, 0.1) is 5.41 Å².